The molecule has 1 rings (SSSR count). The van der Waals surface area contributed by atoms with Crippen LogP contribution in [0.15, 0.2) is 12.1 Å². The largest absolute Gasteiger partial charge is 0.707 e. The number of hydrogen-bond donors (Lipinski definition) is 2. The van der Waals surface area contributed by atoms with Gasteiger partial charge in [0.15, 0.2) is 5.75 Å². The van der Waals surface area contributed by atoms with Crippen LogP contribution in [0.25, 0.3) is 0 Å². The lowest BCUT2D eigenvalue weighted by atomic mass is 10.2. The molecule has 0 aliphatic heterocycles. The highest BCUT2D eigenvalue weighted by Gasteiger charge is 2.20. The molecule has 4 nitrogen and oxygen atoms in total. The first-order chi connectivity index (χ1) is 9.06. The maximum absolute atomic E-state index is 13.5. The molecular weight excluding hydrogens is 257 g/mol. The number of halogens is 2. The van der Waals surface area contributed by atoms with E-state index in [4.69, 9.17) is 14.8 Å². The molecule has 2 N–H and O–H groups in total. The fraction of sp³-hybridized carbons (Fsp3) is 0.500. The Kier molecular flexibility index (Phi) is 6.59. The molecule has 0 atom stereocenters. The summed E-state index contributed by atoms with van der Waals surface area (Å²) in [6, 6.07) is 2.27. The van der Waals surface area contributed by atoms with Gasteiger partial charge in [-0.15, -0.1) is 0 Å². The summed E-state index contributed by atoms with van der Waals surface area (Å²) in [4.78, 5) is 0. The van der Waals surface area contributed by atoms with Crippen molar-refractivity contribution in [3.05, 3.63) is 23.8 Å². The Balaban J connectivity index is 2.58. The van der Waals surface area contributed by atoms with Gasteiger partial charge in [-0.3, -0.25) is 0 Å². The van der Waals surface area contributed by atoms with Crippen molar-refractivity contribution in [2.45, 2.75) is 32.6 Å². The predicted molar refractivity (Wildman–Crippen MR) is 66.8 cm³/mol. The molecule has 19 heavy (non-hydrogen) atoms. The van der Waals surface area contributed by atoms with Crippen molar-refractivity contribution in [2.75, 3.05) is 6.61 Å². The Morgan fingerprint density at radius 3 is 2.32 bits per heavy atom. The summed E-state index contributed by atoms with van der Waals surface area (Å²) in [5.41, 5.74) is 0. The van der Waals surface area contributed by atoms with Crippen LogP contribution in [0, 0.1) is 11.6 Å². The van der Waals surface area contributed by atoms with Gasteiger partial charge in [-0.2, -0.15) is 8.78 Å². The van der Waals surface area contributed by atoms with Crippen molar-refractivity contribution < 1.29 is 28.2 Å². The van der Waals surface area contributed by atoms with Gasteiger partial charge in [-0.1, -0.05) is 26.2 Å². The van der Waals surface area contributed by atoms with Gasteiger partial charge in [-0.25, -0.2) is 0 Å². The fourth-order valence-electron chi connectivity index (χ4n) is 1.54. The average molecular weight is 274 g/mol. The van der Waals surface area contributed by atoms with E-state index in [1.165, 1.54) is 6.07 Å². The van der Waals surface area contributed by atoms with Gasteiger partial charge in [0.05, 0.1) is 6.61 Å². The van der Waals surface area contributed by atoms with Gasteiger partial charge < -0.3 is 19.4 Å². The highest BCUT2D eigenvalue weighted by atomic mass is 19.2. The van der Waals surface area contributed by atoms with Crippen LogP contribution in [-0.4, -0.2) is 24.0 Å². The molecule has 1 aromatic rings. The van der Waals surface area contributed by atoms with Gasteiger partial charge in [-0.05, 0) is 18.6 Å². The molecule has 1 aromatic carbocycles. The van der Waals surface area contributed by atoms with E-state index in [9.17, 15) is 8.78 Å². The van der Waals surface area contributed by atoms with Crippen LogP contribution in [0.3, 0.4) is 0 Å². The van der Waals surface area contributed by atoms with Crippen LogP contribution in [0.2, 0.25) is 0 Å². The Bertz CT molecular complexity index is 402. The molecule has 0 aliphatic rings. The molecule has 0 fully saturated rings. The van der Waals surface area contributed by atoms with Gasteiger partial charge >= 0.3 is 7.32 Å². The molecule has 0 unspecified atom stereocenters. The third-order valence-corrected chi connectivity index (χ3v) is 2.50. The van der Waals surface area contributed by atoms with E-state index in [1.54, 1.807) is 0 Å². The van der Waals surface area contributed by atoms with Crippen LogP contribution in [0.1, 0.15) is 32.6 Å². The Morgan fingerprint density at radius 1 is 1.05 bits per heavy atom. The van der Waals surface area contributed by atoms with Gasteiger partial charge in [0.25, 0.3) is 0 Å². The van der Waals surface area contributed by atoms with Crippen molar-refractivity contribution in [2.24, 2.45) is 0 Å². The van der Waals surface area contributed by atoms with E-state index in [0.717, 1.165) is 31.7 Å². The summed E-state index contributed by atoms with van der Waals surface area (Å²) in [7, 11) is -2.20. The van der Waals surface area contributed by atoms with E-state index >= 15 is 0 Å². The third-order valence-electron chi connectivity index (χ3n) is 2.50. The maximum Gasteiger partial charge on any atom is 0.707 e. The van der Waals surface area contributed by atoms with E-state index in [2.05, 4.69) is 11.6 Å². The number of ether oxygens (including phenoxy) is 1. The highest BCUT2D eigenvalue weighted by Crippen LogP contribution is 2.27. The molecule has 106 valence electrons. The van der Waals surface area contributed by atoms with E-state index in [0.29, 0.717) is 6.61 Å². The predicted octanol–water partition coefficient (Wildman–Crippen LogP) is 2.27. The lowest BCUT2D eigenvalue weighted by molar-refractivity contribution is 0.268. The van der Waals surface area contributed by atoms with Crippen LogP contribution in [0.4, 0.5) is 8.78 Å². The average Bonchev–Trinajstić information content (AvgIpc) is 2.37. The molecule has 0 heterocycles. The van der Waals surface area contributed by atoms with E-state index in [1.807, 2.05) is 0 Å². The minimum absolute atomic E-state index is 0.214. The van der Waals surface area contributed by atoms with Crippen molar-refractivity contribution in [3.8, 4) is 11.5 Å². The fourth-order valence-corrected chi connectivity index (χ4v) is 1.54. The molecule has 0 saturated heterocycles. The SMILES string of the molecule is CCCCCCOc1ccc(OB(O)O)c(F)c1F. The van der Waals surface area contributed by atoms with Crippen molar-refractivity contribution >= 4 is 7.32 Å². The Labute approximate surface area is 111 Å². The van der Waals surface area contributed by atoms with Gasteiger partial charge in [0, 0.05) is 0 Å². The topological polar surface area (TPSA) is 58.9 Å². The number of hydrogen-bond acceptors (Lipinski definition) is 4. The maximum atomic E-state index is 13.5. The molecular formula is C12H17BF2O4. The number of benzene rings is 1. The molecule has 7 heteroatoms. The molecule has 0 aromatic heterocycles. The third kappa shape index (κ3) is 5.04. The van der Waals surface area contributed by atoms with Crippen LogP contribution >= 0.6 is 0 Å². The monoisotopic (exact) mass is 274 g/mol. The second-order valence-corrected chi connectivity index (χ2v) is 4.04. The Morgan fingerprint density at radius 2 is 1.68 bits per heavy atom. The molecule has 0 saturated carbocycles. The lowest BCUT2D eigenvalue weighted by Gasteiger charge is -2.11. The minimum Gasteiger partial charge on any atom is -0.509 e. The molecule has 0 spiro atoms. The summed E-state index contributed by atoms with van der Waals surface area (Å²) in [6.07, 6.45) is 3.89. The minimum atomic E-state index is -2.20. The standard InChI is InChI=1S/C12H17BF2O4/c1-2-3-4-5-8-18-9-6-7-10(19-13(16)17)12(15)11(9)14/h6-7,16-17H,2-5,8H2,1H3. The van der Waals surface area contributed by atoms with E-state index < -0.39 is 24.7 Å². The summed E-state index contributed by atoms with van der Waals surface area (Å²) >= 11 is 0. The summed E-state index contributed by atoms with van der Waals surface area (Å²) in [5, 5.41) is 17.1. The van der Waals surface area contributed by atoms with Crippen LogP contribution in [0.5, 0.6) is 11.5 Å². The van der Waals surface area contributed by atoms with Crippen molar-refractivity contribution in [3.63, 3.8) is 0 Å². The van der Waals surface area contributed by atoms with Crippen molar-refractivity contribution in [1.29, 1.82) is 0 Å². The normalized spacial score (nSPS) is 10.4. The molecule has 0 amide bonds. The first-order valence-electron chi connectivity index (χ1n) is 6.19. The van der Waals surface area contributed by atoms with Gasteiger partial charge in [0.2, 0.25) is 11.6 Å². The molecule has 0 radical (unpaired) electrons. The smallest absolute Gasteiger partial charge is 0.509 e. The van der Waals surface area contributed by atoms with Crippen LogP contribution < -0.4 is 9.39 Å². The summed E-state index contributed by atoms with van der Waals surface area (Å²) in [6.45, 7) is 2.38. The first kappa shape index (κ1) is 15.7. The second kappa shape index (κ2) is 7.96. The Hall–Kier alpha value is -1.34. The summed E-state index contributed by atoms with van der Waals surface area (Å²) < 4.78 is 36.4. The van der Waals surface area contributed by atoms with Crippen molar-refractivity contribution in [1.82, 2.24) is 0 Å². The molecule has 0 bridgehead atoms. The van der Waals surface area contributed by atoms with E-state index in [-0.39, 0.29) is 5.75 Å². The zero-order chi connectivity index (χ0) is 14.3. The summed E-state index contributed by atoms with van der Waals surface area (Å²) in [5.74, 6) is -3.30. The molecule has 0 aliphatic carbocycles. The van der Waals surface area contributed by atoms with Gasteiger partial charge in [0.1, 0.15) is 5.75 Å². The number of unbranched alkanes of at least 4 members (excludes halogenated alkanes) is 3. The first-order valence-corrected chi connectivity index (χ1v) is 6.19. The number of rotatable bonds is 8. The van der Waals surface area contributed by atoms with Crippen LogP contribution in [-0.2, 0) is 0 Å². The zero-order valence-corrected chi connectivity index (χ0v) is 10.7. The lowest BCUT2D eigenvalue weighted by Crippen LogP contribution is -2.21. The second-order valence-electron chi connectivity index (χ2n) is 4.04. The zero-order valence-electron chi connectivity index (χ0n) is 10.7. The quantitative estimate of drug-likeness (QED) is 0.564. The highest BCUT2D eigenvalue weighted by molar-refractivity contribution is 6.33.